The SMILES string of the molecule is C[C@@H](NC(CO)CO)c1ccco1. The van der Waals surface area contributed by atoms with Crippen molar-refractivity contribution in [3.8, 4) is 0 Å². The number of nitrogens with one attached hydrogen (secondary N) is 1. The maximum absolute atomic E-state index is 8.82. The predicted molar refractivity (Wildman–Crippen MR) is 48.2 cm³/mol. The van der Waals surface area contributed by atoms with Crippen LogP contribution >= 0.6 is 0 Å². The molecular weight excluding hydrogens is 170 g/mol. The molecule has 3 N–H and O–H groups in total. The zero-order chi connectivity index (χ0) is 9.68. The standard InChI is InChI=1S/C9H15NO3/c1-7(9-3-2-4-13-9)10-8(5-11)6-12/h2-4,7-8,10-12H,5-6H2,1H3/t7-/m1/s1. The largest absolute Gasteiger partial charge is 0.468 e. The summed E-state index contributed by atoms with van der Waals surface area (Å²) in [6, 6.07) is 3.36. The molecule has 0 aliphatic carbocycles. The Morgan fingerprint density at radius 2 is 2.15 bits per heavy atom. The molecular formula is C9H15NO3. The molecule has 0 aromatic carbocycles. The second-order valence-corrected chi connectivity index (χ2v) is 2.97. The zero-order valence-electron chi connectivity index (χ0n) is 7.60. The van der Waals surface area contributed by atoms with E-state index in [9.17, 15) is 0 Å². The van der Waals surface area contributed by atoms with Crippen LogP contribution in [0.4, 0.5) is 0 Å². The Hall–Kier alpha value is -0.840. The third-order valence-electron chi connectivity index (χ3n) is 1.90. The summed E-state index contributed by atoms with van der Waals surface area (Å²) in [5.41, 5.74) is 0. The highest BCUT2D eigenvalue weighted by atomic mass is 16.3. The van der Waals surface area contributed by atoms with Crippen molar-refractivity contribution in [3.63, 3.8) is 0 Å². The van der Waals surface area contributed by atoms with Crippen LogP contribution in [-0.4, -0.2) is 29.5 Å². The van der Waals surface area contributed by atoms with E-state index in [1.807, 2.05) is 13.0 Å². The van der Waals surface area contributed by atoms with Gasteiger partial charge in [-0.05, 0) is 19.1 Å². The first-order valence-electron chi connectivity index (χ1n) is 4.29. The number of aliphatic hydroxyl groups is 2. The summed E-state index contributed by atoms with van der Waals surface area (Å²) in [6.45, 7) is 1.75. The maximum atomic E-state index is 8.82. The van der Waals surface area contributed by atoms with E-state index >= 15 is 0 Å². The van der Waals surface area contributed by atoms with Gasteiger partial charge < -0.3 is 19.9 Å². The average molecular weight is 185 g/mol. The molecule has 0 saturated heterocycles. The second-order valence-electron chi connectivity index (χ2n) is 2.97. The van der Waals surface area contributed by atoms with Crippen molar-refractivity contribution in [2.75, 3.05) is 13.2 Å². The first kappa shape index (κ1) is 10.2. The molecule has 1 aromatic rings. The van der Waals surface area contributed by atoms with Crippen LogP contribution in [0.5, 0.6) is 0 Å². The van der Waals surface area contributed by atoms with Gasteiger partial charge in [-0.2, -0.15) is 0 Å². The normalized spacial score (nSPS) is 13.5. The van der Waals surface area contributed by atoms with Gasteiger partial charge in [0.2, 0.25) is 0 Å². The molecule has 0 aliphatic heterocycles. The summed E-state index contributed by atoms with van der Waals surface area (Å²) in [6.07, 6.45) is 1.60. The highest BCUT2D eigenvalue weighted by Gasteiger charge is 2.12. The van der Waals surface area contributed by atoms with Crippen LogP contribution in [0.15, 0.2) is 22.8 Å². The van der Waals surface area contributed by atoms with Crippen LogP contribution in [0.2, 0.25) is 0 Å². The number of rotatable bonds is 5. The summed E-state index contributed by atoms with van der Waals surface area (Å²) in [5.74, 6) is 0.798. The number of hydrogen-bond acceptors (Lipinski definition) is 4. The van der Waals surface area contributed by atoms with Crippen LogP contribution in [0.25, 0.3) is 0 Å². The van der Waals surface area contributed by atoms with E-state index in [1.54, 1.807) is 12.3 Å². The zero-order valence-corrected chi connectivity index (χ0v) is 7.60. The molecule has 1 aromatic heterocycles. The van der Waals surface area contributed by atoms with Crippen molar-refractivity contribution in [2.24, 2.45) is 0 Å². The Labute approximate surface area is 77.2 Å². The number of aliphatic hydroxyl groups excluding tert-OH is 2. The topological polar surface area (TPSA) is 65.6 Å². The van der Waals surface area contributed by atoms with E-state index in [4.69, 9.17) is 14.6 Å². The van der Waals surface area contributed by atoms with Gasteiger partial charge in [-0.1, -0.05) is 0 Å². The van der Waals surface area contributed by atoms with Gasteiger partial charge in [0.15, 0.2) is 0 Å². The van der Waals surface area contributed by atoms with Gasteiger partial charge in [-0.25, -0.2) is 0 Å². The molecule has 0 unspecified atom stereocenters. The Bertz CT molecular complexity index is 219. The van der Waals surface area contributed by atoms with Crippen molar-refractivity contribution in [1.29, 1.82) is 0 Å². The molecule has 1 atom stereocenters. The molecule has 0 spiro atoms. The molecule has 1 rings (SSSR count). The lowest BCUT2D eigenvalue weighted by Gasteiger charge is -2.17. The molecule has 1 heterocycles. The summed E-state index contributed by atoms with van der Waals surface area (Å²) >= 11 is 0. The van der Waals surface area contributed by atoms with Gasteiger partial charge in [0.25, 0.3) is 0 Å². The van der Waals surface area contributed by atoms with Crippen LogP contribution in [0.1, 0.15) is 18.7 Å². The molecule has 4 nitrogen and oxygen atoms in total. The van der Waals surface area contributed by atoms with Gasteiger partial charge in [-0.3, -0.25) is 0 Å². The van der Waals surface area contributed by atoms with Crippen molar-refractivity contribution in [3.05, 3.63) is 24.2 Å². The smallest absolute Gasteiger partial charge is 0.120 e. The van der Waals surface area contributed by atoms with Crippen molar-refractivity contribution in [2.45, 2.75) is 19.0 Å². The fraction of sp³-hybridized carbons (Fsp3) is 0.556. The highest BCUT2D eigenvalue weighted by molar-refractivity contribution is 5.03. The molecule has 0 radical (unpaired) electrons. The van der Waals surface area contributed by atoms with Gasteiger partial charge in [-0.15, -0.1) is 0 Å². The van der Waals surface area contributed by atoms with Gasteiger partial charge in [0.05, 0.1) is 31.6 Å². The van der Waals surface area contributed by atoms with Crippen molar-refractivity contribution in [1.82, 2.24) is 5.32 Å². The van der Waals surface area contributed by atoms with Crippen LogP contribution < -0.4 is 5.32 Å². The fourth-order valence-electron chi connectivity index (χ4n) is 1.14. The maximum Gasteiger partial charge on any atom is 0.120 e. The molecule has 4 heteroatoms. The van der Waals surface area contributed by atoms with E-state index in [2.05, 4.69) is 5.32 Å². The minimum Gasteiger partial charge on any atom is -0.468 e. The first-order chi connectivity index (χ1) is 6.27. The molecule has 13 heavy (non-hydrogen) atoms. The highest BCUT2D eigenvalue weighted by Crippen LogP contribution is 2.12. The van der Waals surface area contributed by atoms with Crippen LogP contribution in [0.3, 0.4) is 0 Å². The monoisotopic (exact) mass is 185 g/mol. The summed E-state index contributed by atoms with van der Waals surface area (Å²) in [7, 11) is 0. The fourth-order valence-corrected chi connectivity index (χ4v) is 1.14. The Kier molecular flexibility index (Phi) is 3.95. The third kappa shape index (κ3) is 2.84. The van der Waals surface area contributed by atoms with Gasteiger partial charge in [0.1, 0.15) is 5.76 Å². The number of hydrogen-bond donors (Lipinski definition) is 3. The van der Waals surface area contributed by atoms with E-state index in [0.717, 1.165) is 5.76 Å². The molecule has 0 fully saturated rings. The molecule has 0 saturated carbocycles. The molecule has 0 amide bonds. The van der Waals surface area contributed by atoms with E-state index in [-0.39, 0.29) is 25.3 Å². The van der Waals surface area contributed by atoms with E-state index in [0.29, 0.717) is 0 Å². The Morgan fingerprint density at radius 3 is 2.62 bits per heavy atom. The quantitative estimate of drug-likeness (QED) is 0.616. The Balaban J connectivity index is 2.45. The number of furan rings is 1. The van der Waals surface area contributed by atoms with Crippen molar-refractivity contribution < 1.29 is 14.6 Å². The van der Waals surface area contributed by atoms with Gasteiger partial charge in [0, 0.05) is 0 Å². The minimum absolute atomic E-state index is 0.000648. The lowest BCUT2D eigenvalue weighted by atomic mass is 10.2. The van der Waals surface area contributed by atoms with Crippen LogP contribution in [-0.2, 0) is 0 Å². The molecule has 74 valence electrons. The second kappa shape index (κ2) is 5.01. The van der Waals surface area contributed by atoms with Gasteiger partial charge >= 0.3 is 0 Å². The Morgan fingerprint density at radius 1 is 1.46 bits per heavy atom. The average Bonchev–Trinajstić information content (AvgIpc) is 2.66. The predicted octanol–water partition coefficient (Wildman–Crippen LogP) is 0.283. The van der Waals surface area contributed by atoms with E-state index < -0.39 is 0 Å². The molecule has 0 aliphatic rings. The van der Waals surface area contributed by atoms with Crippen molar-refractivity contribution >= 4 is 0 Å². The lowest BCUT2D eigenvalue weighted by molar-refractivity contribution is 0.160. The summed E-state index contributed by atoms with van der Waals surface area (Å²) < 4.78 is 5.16. The van der Waals surface area contributed by atoms with Crippen LogP contribution in [0, 0.1) is 0 Å². The summed E-state index contributed by atoms with van der Waals surface area (Å²) in [4.78, 5) is 0. The summed E-state index contributed by atoms with van der Waals surface area (Å²) in [5, 5.41) is 20.7. The molecule has 0 bridgehead atoms. The third-order valence-corrected chi connectivity index (χ3v) is 1.90. The minimum atomic E-state index is -0.292. The van der Waals surface area contributed by atoms with E-state index in [1.165, 1.54) is 0 Å². The lowest BCUT2D eigenvalue weighted by Crippen LogP contribution is -2.37. The first-order valence-corrected chi connectivity index (χ1v) is 4.29.